The average molecular weight is 311 g/mol. The lowest BCUT2D eigenvalue weighted by Gasteiger charge is -2.16. The standard InChI is InChI=1S/C14H19F2N5O/c1-4-7-20-8-17-19-12(20)10(3)18-13(22)11-6-5-9(2)21(11)14(15)16/h5-6,8,10,14H,4,7H2,1-3H3,(H,18,22)/t10-/m1/s1. The molecule has 1 amide bonds. The molecule has 1 atom stereocenters. The molecule has 6 nitrogen and oxygen atoms in total. The molecule has 0 fully saturated rings. The summed E-state index contributed by atoms with van der Waals surface area (Å²) < 4.78 is 28.6. The number of amides is 1. The van der Waals surface area contributed by atoms with E-state index in [-0.39, 0.29) is 5.69 Å². The quantitative estimate of drug-likeness (QED) is 0.892. The van der Waals surface area contributed by atoms with Gasteiger partial charge in [0, 0.05) is 12.2 Å². The fraction of sp³-hybridized carbons (Fsp3) is 0.500. The molecule has 0 aliphatic heterocycles. The zero-order chi connectivity index (χ0) is 16.3. The Morgan fingerprint density at radius 1 is 1.41 bits per heavy atom. The largest absolute Gasteiger partial charge is 0.341 e. The molecule has 0 unspecified atom stereocenters. The number of alkyl halides is 2. The van der Waals surface area contributed by atoms with Crippen LogP contribution in [0.3, 0.4) is 0 Å². The van der Waals surface area contributed by atoms with Crippen molar-refractivity contribution in [2.75, 3.05) is 0 Å². The second-order valence-electron chi connectivity index (χ2n) is 5.09. The lowest BCUT2D eigenvalue weighted by atomic mass is 10.3. The molecule has 2 aromatic heterocycles. The molecule has 0 saturated heterocycles. The van der Waals surface area contributed by atoms with Gasteiger partial charge in [0.05, 0.1) is 6.04 Å². The van der Waals surface area contributed by atoms with Gasteiger partial charge in [-0.05, 0) is 32.4 Å². The van der Waals surface area contributed by atoms with Gasteiger partial charge in [-0.25, -0.2) is 0 Å². The molecule has 0 radical (unpaired) electrons. The number of aromatic nitrogens is 4. The van der Waals surface area contributed by atoms with Crippen molar-refractivity contribution in [1.29, 1.82) is 0 Å². The van der Waals surface area contributed by atoms with Crippen LogP contribution >= 0.6 is 0 Å². The molecule has 0 spiro atoms. The lowest BCUT2D eigenvalue weighted by molar-refractivity contribution is 0.0614. The van der Waals surface area contributed by atoms with E-state index in [1.54, 1.807) is 13.3 Å². The van der Waals surface area contributed by atoms with Crippen LogP contribution in [0.1, 0.15) is 54.9 Å². The highest BCUT2D eigenvalue weighted by molar-refractivity contribution is 5.93. The highest BCUT2D eigenvalue weighted by atomic mass is 19.3. The number of hydrogen-bond donors (Lipinski definition) is 1. The smallest absolute Gasteiger partial charge is 0.319 e. The van der Waals surface area contributed by atoms with Crippen molar-refractivity contribution < 1.29 is 13.6 Å². The Balaban J connectivity index is 2.16. The van der Waals surface area contributed by atoms with Gasteiger partial charge >= 0.3 is 6.55 Å². The first-order chi connectivity index (χ1) is 10.5. The minimum atomic E-state index is -2.75. The minimum absolute atomic E-state index is 0.0686. The third-order valence-electron chi connectivity index (χ3n) is 3.39. The fourth-order valence-electron chi connectivity index (χ4n) is 2.34. The number of nitrogens with zero attached hydrogens (tertiary/aromatic N) is 4. The van der Waals surface area contributed by atoms with E-state index in [0.717, 1.165) is 13.0 Å². The Bertz CT molecular complexity index is 649. The summed E-state index contributed by atoms with van der Waals surface area (Å²) in [6.45, 7) is 3.27. The minimum Gasteiger partial charge on any atom is -0.341 e. The summed E-state index contributed by atoms with van der Waals surface area (Å²) in [6, 6.07) is 2.45. The van der Waals surface area contributed by atoms with Crippen LogP contribution in [0.15, 0.2) is 18.5 Å². The molecule has 120 valence electrons. The zero-order valence-corrected chi connectivity index (χ0v) is 12.8. The summed E-state index contributed by atoms with van der Waals surface area (Å²) in [6.07, 6.45) is 2.49. The summed E-state index contributed by atoms with van der Waals surface area (Å²) in [5.74, 6) is 0.0361. The summed E-state index contributed by atoms with van der Waals surface area (Å²) in [7, 11) is 0. The summed E-state index contributed by atoms with van der Waals surface area (Å²) in [5, 5.41) is 10.5. The predicted molar refractivity (Wildman–Crippen MR) is 76.6 cm³/mol. The summed E-state index contributed by atoms with van der Waals surface area (Å²) in [4.78, 5) is 12.2. The first-order valence-corrected chi connectivity index (χ1v) is 7.10. The number of carbonyl (C=O) groups is 1. The van der Waals surface area contributed by atoms with Gasteiger partial charge in [0.15, 0.2) is 5.82 Å². The maximum absolute atomic E-state index is 13.0. The van der Waals surface area contributed by atoms with Gasteiger partial charge in [-0.15, -0.1) is 10.2 Å². The Hall–Kier alpha value is -2.25. The number of carbonyl (C=O) groups excluding carboxylic acids is 1. The molecule has 0 aliphatic rings. The van der Waals surface area contributed by atoms with E-state index < -0.39 is 18.5 Å². The van der Waals surface area contributed by atoms with Crippen LogP contribution in [0.25, 0.3) is 0 Å². The topological polar surface area (TPSA) is 64.7 Å². The van der Waals surface area contributed by atoms with Crippen molar-refractivity contribution in [2.24, 2.45) is 0 Å². The molecule has 22 heavy (non-hydrogen) atoms. The molecular formula is C14H19F2N5O. The number of halogens is 2. The normalized spacial score (nSPS) is 12.6. The van der Waals surface area contributed by atoms with Crippen LogP contribution < -0.4 is 5.32 Å². The Labute approximate surface area is 127 Å². The van der Waals surface area contributed by atoms with Gasteiger partial charge in [-0.3, -0.25) is 9.36 Å². The molecular weight excluding hydrogens is 292 g/mol. The molecule has 8 heteroatoms. The van der Waals surface area contributed by atoms with Gasteiger partial charge in [0.1, 0.15) is 12.0 Å². The number of aryl methyl sites for hydroxylation is 2. The molecule has 1 N–H and O–H groups in total. The van der Waals surface area contributed by atoms with E-state index in [4.69, 9.17) is 0 Å². The molecule has 2 aromatic rings. The molecule has 2 heterocycles. The molecule has 2 rings (SSSR count). The summed E-state index contributed by atoms with van der Waals surface area (Å²) >= 11 is 0. The highest BCUT2D eigenvalue weighted by Gasteiger charge is 2.22. The second kappa shape index (κ2) is 6.67. The molecule has 0 aliphatic carbocycles. The predicted octanol–water partition coefficient (Wildman–Crippen LogP) is 2.68. The first-order valence-electron chi connectivity index (χ1n) is 7.10. The first kappa shape index (κ1) is 16.1. The van der Waals surface area contributed by atoms with Crippen molar-refractivity contribution in [3.63, 3.8) is 0 Å². The van der Waals surface area contributed by atoms with Gasteiger partial charge < -0.3 is 9.88 Å². The van der Waals surface area contributed by atoms with Crippen LogP contribution in [0.5, 0.6) is 0 Å². The van der Waals surface area contributed by atoms with E-state index in [9.17, 15) is 13.6 Å². The maximum atomic E-state index is 13.0. The SMILES string of the molecule is CCCn1cnnc1[C@@H](C)NC(=O)c1ccc(C)n1C(F)F. The van der Waals surface area contributed by atoms with Crippen molar-refractivity contribution in [3.8, 4) is 0 Å². The van der Waals surface area contributed by atoms with Crippen LogP contribution in [-0.4, -0.2) is 25.2 Å². The Kier molecular flexibility index (Phi) is 4.89. The van der Waals surface area contributed by atoms with E-state index in [1.165, 1.54) is 19.1 Å². The van der Waals surface area contributed by atoms with E-state index in [2.05, 4.69) is 15.5 Å². The van der Waals surface area contributed by atoms with Crippen LogP contribution in [-0.2, 0) is 6.54 Å². The third kappa shape index (κ3) is 3.15. The maximum Gasteiger partial charge on any atom is 0.319 e. The Morgan fingerprint density at radius 2 is 2.14 bits per heavy atom. The lowest BCUT2D eigenvalue weighted by Crippen LogP contribution is -2.30. The van der Waals surface area contributed by atoms with Crippen molar-refractivity contribution >= 4 is 5.91 Å². The average Bonchev–Trinajstić information content (AvgIpc) is 3.05. The van der Waals surface area contributed by atoms with Crippen LogP contribution in [0.4, 0.5) is 8.78 Å². The van der Waals surface area contributed by atoms with E-state index in [1.807, 2.05) is 11.5 Å². The molecule has 0 bridgehead atoms. The van der Waals surface area contributed by atoms with Crippen LogP contribution in [0.2, 0.25) is 0 Å². The van der Waals surface area contributed by atoms with Gasteiger partial charge in [0.2, 0.25) is 0 Å². The van der Waals surface area contributed by atoms with Crippen molar-refractivity contribution in [3.05, 3.63) is 35.7 Å². The second-order valence-corrected chi connectivity index (χ2v) is 5.09. The zero-order valence-electron chi connectivity index (χ0n) is 12.8. The van der Waals surface area contributed by atoms with E-state index >= 15 is 0 Å². The molecule has 0 aromatic carbocycles. The third-order valence-corrected chi connectivity index (χ3v) is 3.39. The monoisotopic (exact) mass is 311 g/mol. The molecule has 0 saturated carbocycles. The van der Waals surface area contributed by atoms with Gasteiger partial charge in [-0.2, -0.15) is 8.78 Å². The van der Waals surface area contributed by atoms with Crippen molar-refractivity contribution in [1.82, 2.24) is 24.6 Å². The van der Waals surface area contributed by atoms with Crippen molar-refractivity contribution in [2.45, 2.75) is 46.3 Å². The van der Waals surface area contributed by atoms with E-state index in [0.29, 0.717) is 16.1 Å². The van der Waals surface area contributed by atoms with Crippen LogP contribution in [0, 0.1) is 6.92 Å². The number of nitrogens with one attached hydrogen (secondary N) is 1. The fourth-order valence-corrected chi connectivity index (χ4v) is 2.34. The number of hydrogen-bond acceptors (Lipinski definition) is 3. The summed E-state index contributed by atoms with van der Waals surface area (Å²) in [5.41, 5.74) is 0.267. The van der Waals surface area contributed by atoms with Gasteiger partial charge in [0.25, 0.3) is 5.91 Å². The highest BCUT2D eigenvalue weighted by Crippen LogP contribution is 2.19. The van der Waals surface area contributed by atoms with Gasteiger partial charge in [-0.1, -0.05) is 6.92 Å². The Morgan fingerprint density at radius 3 is 2.77 bits per heavy atom. The number of rotatable bonds is 6.